The Bertz CT molecular complexity index is 256. The third-order valence-electron chi connectivity index (χ3n) is 1.65. The molecule has 1 unspecified atom stereocenters. The van der Waals surface area contributed by atoms with E-state index in [0.29, 0.717) is 11.7 Å². The lowest BCUT2D eigenvalue weighted by Crippen LogP contribution is -2.04. The monoisotopic (exact) mass is 183 g/mol. The zero-order valence-electron chi connectivity index (χ0n) is 8.12. The average molecular weight is 183 g/mol. The van der Waals surface area contributed by atoms with E-state index < -0.39 is 6.36 Å². The molecule has 0 bridgehead atoms. The van der Waals surface area contributed by atoms with Crippen LogP contribution in [0, 0.1) is 0 Å². The van der Waals surface area contributed by atoms with Gasteiger partial charge in [-0.15, -0.1) is 0 Å². The maximum atomic E-state index is 12.4. The van der Waals surface area contributed by atoms with Crippen LogP contribution in [0.4, 0.5) is 4.39 Å². The highest BCUT2D eigenvalue weighted by molar-refractivity contribution is 5.21. The van der Waals surface area contributed by atoms with Crippen molar-refractivity contribution in [3.05, 3.63) is 24.0 Å². The molecule has 3 heteroatoms. The van der Waals surface area contributed by atoms with Crippen LogP contribution in [0.15, 0.2) is 18.3 Å². The Morgan fingerprint density at radius 3 is 2.38 bits per heavy atom. The molecule has 0 saturated heterocycles. The van der Waals surface area contributed by atoms with Gasteiger partial charge in [0.1, 0.15) is 5.75 Å². The molecule has 13 heavy (non-hydrogen) atoms. The van der Waals surface area contributed by atoms with Crippen LogP contribution in [-0.2, 0) is 0 Å². The summed E-state index contributed by atoms with van der Waals surface area (Å²) in [7, 11) is 0. The van der Waals surface area contributed by atoms with Crippen molar-refractivity contribution in [1.29, 1.82) is 0 Å². The predicted octanol–water partition coefficient (Wildman–Crippen LogP) is 2.90. The van der Waals surface area contributed by atoms with Crippen molar-refractivity contribution in [2.75, 3.05) is 0 Å². The van der Waals surface area contributed by atoms with Crippen molar-refractivity contribution >= 4 is 0 Å². The fourth-order valence-corrected chi connectivity index (χ4v) is 0.990. The van der Waals surface area contributed by atoms with Crippen LogP contribution in [0.2, 0.25) is 0 Å². The minimum Gasteiger partial charge on any atom is -0.459 e. The van der Waals surface area contributed by atoms with Gasteiger partial charge in [0.2, 0.25) is 6.36 Å². The second-order valence-electron chi connectivity index (χ2n) is 3.23. The van der Waals surface area contributed by atoms with Gasteiger partial charge < -0.3 is 4.74 Å². The van der Waals surface area contributed by atoms with Gasteiger partial charge in [0.25, 0.3) is 0 Å². The number of aromatic nitrogens is 1. The van der Waals surface area contributed by atoms with Crippen LogP contribution in [0.25, 0.3) is 0 Å². The van der Waals surface area contributed by atoms with Crippen LogP contribution in [-0.4, -0.2) is 11.3 Å². The fraction of sp³-hybridized carbons (Fsp3) is 0.500. The molecule has 1 aromatic heterocycles. The van der Waals surface area contributed by atoms with Crippen molar-refractivity contribution in [3.63, 3.8) is 0 Å². The summed E-state index contributed by atoms with van der Waals surface area (Å²) in [6, 6.07) is 3.58. The number of rotatable bonds is 3. The summed E-state index contributed by atoms with van der Waals surface area (Å²) in [4.78, 5) is 4.14. The van der Waals surface area contributed by atoms with Crippen LogP contribution in [0.3, 0.4) is 0 Å². The number of hydrogen-bond acceptors (Lipinski definition) is 2. The van der Waals surface area contributed by atoms with Crippen molar-refractivity contribution in [2.24, 2.45) is 0 Å². The minimum atomic E-state index is -1.29. The van der Waals surface area contributed by atoms with Crippen molar-refractivity contribution in [3.8, 4) is 5.75 Å². The van der Waals surface area contributed by atoms with Gasteiger partial charge >= 0.3 is 0 Å². The number of ether oxygens (including phenoxy) is 1. The number of alkyl halides is 1. The molecule has 1 atom stereocenters. The Morgan fingerprint density at radius 2 is 2.00 bits per heavy atom. The highest BCUT2D eigenvalue weighted by Crippen LogP contribution is 2.16. The summed E-state index contributed by atoms with van der Waals surface area (Å²) in [6.07, 6.45) is 0.262. The number of pyridine rings is 1. The Kier molecular flexibility index (Phi) is 3.23. The summed E-state index contributed by atoms with van der Waals surface area (Å²) in [5.41, 5.74) is 0.985. The predicted molar refractivity (Wildman–Crippen MR) is 49.5 cm³/mol. The molecule has 1 rings (SSSR count). The van der Waals surface area contributed by atoms with E-state index in [9.17, 15) is 4.39 Å². The minimum absolute atomic E-state index is 0.386. The van der Waals surface area contributed by atoms with Gasteiger partial charge in [-0.3, -0.25) is 4.98 Å². The second kappa shape index (κ2) is 4.21. The SMILES string of the molecule is CC(F)Oc1ccc(C(C)C)nc1. The quantitative estimate of drug-likeness (QED) is 0.718. The van der Waals surface area contributed by atoms with E-state index in [1.165, 1.54) is 6.92 Å². The Morgan fingerprint density at radius 1 is 1.31 bits per heavy atom. The molecule has 0 saturated carbocycles. The first kappa shape index (κ1) is 9.96. The van der Waals surface area contributed by atoms with E-state index >= 15 is 0 Å². The van der Waals surface area contributed by atoms with Gasteiger partial charge in [-0.1, -0.05) is 13.8 Å². The first-order valence-electron chi connectivity index (χ1n) is 4.36. The zero-order valence-corrected chi connectivity index (χ0v) is 8.12. The lowest BCUT2D eigenvalue weighted by atomic mass is 10.1. The standard InChI is InChI=1S/C10H14FNO/c1-7(2)10-5-4-9(6-12-10)13-8(3)11/h4-8H,1-3H3. The van der Waals surface area contributed by atoms with Gasteiger partial charge in [0, 0.05) is 12.6 Å². The first-order chi connectivity index (χ1) is 6.09. The molecule has 0 fully saturated rings. The highest BCUT2D eigenvalue weighted by Gasteiger charge is 2.03. The largest absolute Gasteiger partial charge is 0.459 e. The first-order valence-corrected chi connectivity index (χ1v) is 4.36. The Balaban J connectivity index is 2.70. The molecule has 1 heterocycles. The summed E-state index contributed by atoms with van der Waals surface area (Å²) in [5, 5.41) is 0. The lowest BCUT2D eigenvalue weighted by Gasteiger charge is -2.08. The van der Waals surface area contributed by atoms with Gasteiger partial charge in [-0.05, 0) is 18.1 Å². The average Bonchev–Trinajstić information content (AvgIpc) is 2.04. The molecule has 0 radical (unpaired) electrons. The normalized spacial score (nSPS) is 13.0. The highest BCUT2D eigenvalue weighted by atomic mass is 19.1. The van der Waals surface area contributed by atoms with E-state index in [0.717, 1.165) is 5.69 Å². The number of halogens is 1. The van der Waals surface area contributed by atoms with Gasteiger partial charge in [0.15, 0.2) is 0 Å². The number of hydrogen-bond donors (Lipinski definition) is 0. The molecule has 2 nitrogen and oxygen atoms in total. The summed E-state index contributed by atoms with van der Waals surface area (Å²) in [6.45, 7) is 5.46. The zero-order chi connectivity index (χ0) is 9.84. The number of nitrogens with zero attached hydrogens (tertiary/aromatic N) is 1. The summed E-state index contributed by atoms with van der Waals surface area (Å²) in [5.74, 6) is 0.858. The summed E-state index contributed by atoms with van der Waals surface area (Å²) >= 11 is 0. The molecule has 0 spiro atoms. The second-order valence-corrected chi connectivity index (χ2v) is 3.23. The molecule has 72 valence electrons. The van der Waals surface area contributed by atoms with Crippen molar-refractivity contribution in [2.45, 2.75) is 33.0 Å². The Hall–Kier alpha value is -1.12. The molecular formula is C10H14FNO. The van der Waals surface area contributed by atoms with Crippen molar-refractivity contribution < 1.29 is 9.13 Å². The third-order valence-corrected chi connectivity index (χ3v) is 1.65. The molecule has 0 aliphatic carbocycles. The van der Waals surface area contributed by atoms with Gasteiger partial charge in [-0.2, -0.15) is 0 Å². The molecular weight excluding hydrogens is 169 g/mol. The lowest BCUT2D eigenvalue weighted by molar-refractivity contribution is 0.0856. The van der Waals surface area contributed by atoms with Crippen molar-refractivity contribution in [1.82, 2.24) is 4.98 Å². The molecule has 0 aromatic carbocycles. The van der Waals surface area contributed by atoms with E-state index in [2.05, 4.69) is 18.8 Å². The van der Waals surface area contributed by atoms with Crippen LogP contribution in [0.1, 0.15) is 32.4 Å². The summed E-state index contributed by atoms with van der Waals surface area (Å²) < 4.78 is 17.2. The van der Waals surface area contributed by atoms with Gasteiger partial charge in [-0.25, -0.2) is 4.39 Å². The molecule has 0 aliphatic heterocycles. The van der Waals surface area contributed by atoms with E-state index in [1.807, 2.05) is 6.07 Å². The van der Waals surface area contributed by atoms with Crippen LogP contribution >= 0.6 is 0 Å². The smallest absolute Gasteiger partial charge is 0.235 e. The van der Waals surface area contributed by atoms with E-state index in [1.54, 1.807) is 12.3 Å². The maximum absolute atomic E-state index is 12.4. The van der Waals surface area contributed by atoms with E-state index in [4.69, 9.17) is 4.74 Å². The van der Waals surface area contributed by atoms with Gasteiger partial charge in [0.05, 0.1) is 6.20 Å². The maximum Gasteiger partial charge on any atom is 0.235 e. The van der Waals surface area contributed by atoms with E-state index in [-0.39, 0.29) is 0 Å². The molecule has 0 N–H and O–H groups in total. The topological polar surface area (TPSA) is 22.1 Å². The Labute approximate surface area is 77.8 Å². The molecule has 0 amide bonds. The fourth-order valence-electron chi connectivity index (χ4n) is 0.990. The van der Waals surface area contributed by atoms with Crippen LogP contribution in [0.5, 0.6) is 5.75 Å². The van der Waals surface area contributed by atoms with Crippen LogP contribution < -0.4 is 4.74 Å². The third kappa shape index (κ3) is 3.01. The molecule has 1 aromatic rings. The molecule has 0 aliphatic rings.